The highest BCUT2D eigenvalue weighted by Gasteiger charge is 2.43. The van der Waals surface area contributed by atoms with Crippen molar-refractivity contribution in [3.8, 4) is 0 Å². The maximum atomic E-state index is 12.4. The van der Waals surface area contributed by atoms with Crippen LogP contribution in [0.2, 0.25) is 0 Å². The summed E-state index contributed by atoms with van der Waals surface area (Å²) in [6, 6.07) is 10.1. The zero-order valence-corrected chi connectivity index (χ0v) is 16.2. The van der Waals surface area contributed by atoms with Crippen LogP contribution in [0.5, 0.6) is 0 Å². The second kappa shape index (κ2) is 8.56. The number of rotatable bonds is 6. The Morgan fingerprint density at radius 1 is 1.27 bits per heavy atom. The Bertz CT molecular complexity index is 624. The highest BCUT2D eigenvalue weighted by Crippen LogP contribution is 2.47. The molecule has 3 rings (SSSR count). The molecule has 1 amide bonds. The van der Waals surface area contributed by atoms with E-state index in [-0.39, 0.29) is 5.91 Å². The lowest BCUT2D eigenvalue weighted by molar-refractivity contribution is -0.130. The summed E-state index contributed by atoms with van der Waals surface area (Å²) >= 11 is 0. The van der Waals surface area contributed by atoms with E-state index in [4.69, 9.17) is 4.99 Å². The molecule has 0 atom stereocenters. The molecule has 0 unspecified atom stereocenters. The molecule has 142 valence electrons. The van der Waals surface area contributed by atoms with Gasteiger partial charge >= 0.3 is 0 Å². The van der Waals surface area contributed by atoms with Crippen LogP contribution in [0.1, 0.15) is 44.6 Å². The van der Waals surface area contributed by atoms with Crippen LogP contribution in [0, 0.1) is 5.41 Å². The molecule has 5 nitrogen and oxygen atoms in total. The maximum absolute atomic E-state index is 12.4. The lowest BCUT2D eigenvalue weighted by atomic mass is 9.68. The van der Waals surface area contributed by atoms with Gasteiger partial charge in [-0.1, -0.05) is 36.8 Å². The van der Waals surface area contributed by atoms with Crippen molar-refractivity contribution in [3.05, 3.63) is 35.9 Å². The van der Waals surface area contributed by atoms with Gasteiger partial charge in [0.25, 0.3) is 0 Å². The summed E-state index contributed by atoms with van der Waals surface area (Å²) in [5.74, 6) is 1.13. The molecule has 1 saturated heterocycles. The van der Waals surface area contributed by atoms with Crippen LogP contribution in [0.25, 0.3) is 0 Å². The summed E-state index contributed by atoms with van der Waals surface area (Å²) in [6.45, 7) is 6.38. The Morgan fingerprint density at radius 3 is 2.65 bits per heavy atom. The molecule has 1 heterocycles. The van der Waals surface area contributed by atoms with Gasteiger partial charge in [0, 0.05) is 39.6 Å². The smallest absolute Gasteiger partial charge is 0.224 e. The van der Waals surface area contributed by atoms with E-state index in [1.54, 1.807) is 4.90 Å². The zero-order valence-electron chi connectivity index (χ0n) is 16.2. The van der Waals surface area contributed by atoms with E-state index in [2.05, 4.69) is 29.3 Å². The lowest BCUT2D eigenvalue weighted by Gasteiger charge is -2.38. The average molecular weight is 357 g/mol. The first kappa shape index (κ1) is 18.7. The Morgan fingerprint density at radius 2 is 2.04 bits per heavy atom. The van der Waals surface area contributed by atoms with E-state index in [1.807, 2.05) is 25.2 Å². The van der Waals surface area contributed by atoms with Crippen LogP contribution in [-0.2, 0) is 11.3 Å². The lowest BCUT2D eigenvalue weighted by Crippen LogP contribution is -2.42. The number of benzene rings is 1. The number of carbonyl (C=O) groups excluding carboxylic acids is 1. The van der Waals surface area contributed by atoms with Crippen LogP contribution in [0.4, 0.5) is 0 Å². The minimum atomic E-state index is 0.144. The predicted molar refractivity (Wildman–Crippen MR) is 106 cm³/mol. The number of aliphatic imine (C=N–C) groups is 1. The molecule has 26 heavy (non-hydrogen) atoms. The SMILES string of the molecule is CCNC(=NCCC(=O)N(C)Cc1ccccc1)N1CCC2(CCC2)C1. The molecular weight excluding hydrogens is 324 g/mol. The number of guanidine groups is 1. The van der Waals surface area contributed by atoms with E-state index < -0.39 is 0 Å². The standard InChI is InChI=1S/C21H32N4O/c1-3-22-20(25-15-13-21(17-25)11-7-12-21)23-14-10-19(26)24(2)16-18-8-5-4-6-9-18/h4-6,8-9H,3,7,10-17H2,1-2H3,(H,22,23). The van der Waals surface area contributed by atoms with Crippen molar-refractivity contribution < 1.29 is 4.79 Å². The molecule has 0 aromatic heterocycles. The van der Waals surface area contributed by atoms with E-state index in [1.165, 1.54) is 25.7 Å². The maximum Gasteiger partial charge on any atom is 0.224 e. The van der Waals surface area contributed by atoms with Crippen LogP contribution < -0.4 is 5.32 Å². The molecular formula is C21H32N4O. The van der Waals surface area contributed by atoms with E-state index in [0.717, 1.165) is 31.2 Å². The first-order chi connectivity index (χ1) is 12.6. The molecule has 1 aromatic carbocycles. The minimum absolute atomic E-state index is 0.144. The molecule has 1 N–H and O–H groups in total. The van der Waals surface area contributed by atoms with Gasteiger partial charge in [-0.2, -0.15) is 0 Å². The molecule has 1 saturated carbocycles. The summed E-state index contributed by atoms with van der Waals surface area (Å²) in [4.78, 5) is 21.3. The number of carbonyl (C=O) groups is 1. The van der Waals surface area contributed by atoms with Gasteiger partial charge in [-0.15, -0.1) is 0 Å². The summed E-state index contributed by atoms with van der Waals surface area (Å²) in [6.07, 6.45) is 5.86. The summed E-state index contributed by atoms with van der Waals surface area (Å²) in [5, 5.41) is 3.40. The van der Waals surface area contributed by atoms with E-state index >= 15 is 0 Å². The molecule has 1 aliphatic heterocycles. The van der Waals surface area contributed by atoms with Crippen molar-refractivity contribution in [1.29, 1.82) is 0 Å². The van der Waals surface area contributed by atoms with Crippen LogP contribution >= 0.6 is 0 Å². The van der Waals surface area contributed by atoms with Crippen molar-refractivity contribution >= 4 is 11.9 Å². The minimum Gasteiger partial charge on any atom is -0.357 e. The Labute approximate surface area is 157 Å². The fourth-order valence-corrected chi connectivity index (χ4v) is 4.02. The highest BCUT2D eigenvalue weighted by atomic mass is 16.2. The third kappa shape index (κ3) is 4.57. The molecule has 0 bridgehead atoms. The Kier molecular flexibility index (Phi) is 6.17. The van der Waals surface area contributed by atoms with Crippen LogP contribution in [0.3, 0.4) is 0 Å². The highest BCUT2D eigenvalue weighted by molar-refractivity contribution is 5.81. The summed E-state index contributed by atoms with van der Waals surface area (Å²) in [7, 11) is 1.87. The van der Waals surface area contributed by atoms with Crippen molar-refractivity contribution in [2.24, 2.45) is 10.4 Å². The topological polar surface area (TPSA) is 47.9 Å². The van der Waals surface area contributed by atoms with Crippen LogP contribution in [0.15, 0.2) is 35.3 Å². The van der Waals surface area contributed by atoms with Gasteiger partial charge in [-0.25, -0.2) is 0 Å². The largest absolute Gasteiger partial charge is 0.357 e. The molecule has 1 spiro atoms. The third-order valence-corrected chi connectivity index (χ3v) is 5.76. The fraction of sp³-hybridized carbons (Fsp3) is 0.619. The second-order valence-corrected chi connectivity index (χ2v) is 7.75. The van der Waals surface area contributed by atoms with Gasteiger partial charge in [-0.3, -0.25) is 9.79 Å². The van der Waals surface area contributed by atoms with E-state index in [9.17, 15) is 4.79 Å². The molecule has 1 aromatic rings. The first-order valence-corrected chi connectivity index (χ1v) is 9.93. The van der Waals surface area contributed by atoms with Crippen LogP contribution in [-0.4, -0.2) is 54.9 Å². The number of nitrogens with zero attached hydrogens (tertiary/aromatic N) is 3. The molecule has 1 aliphatic carbocycles. The number of nitrogens with one attached hydrogen (secondary N) is 1. The van der Waals surface area contributed by atoms with Gasteiger partial charge in [0.1, 0.15) is 0 Å². The van der Waals surface area contributed by atoms with Crippen molar-refractivity contribution in [2.75, 3.05) is 33.2 Å². The van der Waals surface area contributed by atoms with Crippen molar-refractivity contribution in [2.45, 2.75) is 45.6 Å². The molecule has 2 fully saturated rings. The predicted octanol–water partition coefficient (Wildman–Crippen LogP) is 2.88. The van der Waals surface area contributed by atoms with Gasteiger partial charge in [0.2, 0.25) is 5.91 Å². The summed E-state index contributed by atoms with van der Waals surface area (Å²) in [5.41, 5.74) is 1.71. The number of amides is 1. The van der Waals surface area contributed by atoms with E-state index in [0.29, 0.717) is 24.9 Å². The first-order valence-electron chi connectivity index (χ1n) is 9.93. The second-order valence-electron chi connectivity index (χ2n) is 7.75. The van der Waals surface area contributed by atoms with Gasteiger partial charge in [0.05, 0.1) is 6.54 Å². The van der Waals surface area contributed by atoms with Crippen molar-refractivity contribution in [3.63, 3.8) is 0 Å². The van der Waals surface area contributed by atoms with Crippen molar-refractivity contribution in [1.82, 2.24) is 15.1 Å². The Hall–Kier alpha value is -2.04. The average Bonchev–Trinajstić information content (AvgIpc) is 3.08. The van der Waals surface area contributed by atoms with Gasteiger partial charge in [0.15, 0.2) is 5.96 Å². The van der Waals surface area contributed by atoms with Gasteiger partial charge < -0.3 is 15.1 Å². The van der Waals surface area contributed by atoms with Gasteiger partial charge in [-0.05, 0) is 37.2 Å². The third-order valence-electron chi connectivity index (χ3n) is 5.76. The molecule has 5 heteroatoms. The summed E-state index contributed by atoms with van der Waals surface area (Å²) < 4.78 is 0. The monoisotopic (exact) mass is 356 g/mol. The fourth-order valence-electron chi connectivity index (χ4n) is 4.02. The molecule has 0 radical (unpaired) electrons. The number of hydrogen-bond acceptors (Lipinski definition) is 2. The number of hydrogen-bond donors (Lipinski definition) is 1. The molecule has 2 aliphatic rings. The number of likely N-dealkylation sites (tertiary alicyclic amines) is 1. The normalized spacial score (nSPS) is 18.7. The Balaban J connectivity index is 1.49. The zero-order chi connectivity index (χ0) is 18.4. The quantitative estimate of drug-likeness (QED) is 0.630.